The first-order chi connectivity index (χ1) is 5.34. The highest BCUT2D eigenvalue weighted by Crippen LogP contribution is 2.24. The molecule has 1 rings (SSSR count). The lowest BCUT2D eigenvalue weighted by Crippen LogP contribution is -2.49. The molecular formula is C5H10O7. The third-order valence-corrected chi connectivity index (χ3v) is 1.62. The third-order valence-electron chi connectivity index (χ3n) is 1.62. The minimum absolute atomic E-state index is 1.67. The van der Waals surface area contributed by atoms with E-state index in [2.05, 4.69) is 4.74 Å². The Hall–Kier alpha value is -0.280. The first kappa shape index (κ1) is 9.81. The second-order valence-electron chi connectivity index (χ2n) is 2.62. The molecule has 0 aromatic carbocycles. The zero-order valence-electron chi connectivity index (χ0n) is 5.90. The minimum atomic E-state index is -3.28. The fourth-order valence-electron chi connectivity index (χ4n) is 0.979. The molecule has 12 heavy (non-hydrogen) atoms. The van der Waals surface area contributed by atoms with Gasteiger partial charge in [-0.1, -0.05) is 0 Å². The van der Waals surface area contributed by atoms with Crippen LogP contribution >= 0.6 is 0 Å². The van der Waals surface area contributed by atoms with E-state index in [0.717, 1.165) is 0 Å². The Morgan fingerprint density at radius 1 is 0.917 bits per heavy atom. The predicted molar refractivity (Wildman–Crippen MR) is 32.3 cm³/mol. The summed E-state index contributed by atoms with van der Waals surface area (Å²) in [4.78, 5) is 0. The molecule has 1 fully saturated rings. The van der Waals surface area contributed by atoms with Crippen molar-refractivity contribution in [2.75, 3.05) is 0 Å². The van der Waals surface area contributed by atoms with Gasteiger partial charge in [-0.25, -0.2) is 0 Å². The Morgan fingerprint density at radius 3 is 1.58 bits per heavy atom. The Kier molecular flexibility index (Phi) is 2.36. The summed E-state index contributed by atoms with van der Waals surface area (Å²) in [5, 5.41) is 52.1. The van der Waals surface area contributed by atoms with Crippen molar-refractivity contribution in [2.45, 2.75) is 30.6 Å². The lowest BCUT2D eigenvalue weighted by Gasteiger charge is -2.23. The maximum atomic E-state index is 8.95. The highest BCUT2D eigenvalue weighted by atomic mass is 16.7. The highest BCUT2D eigenvalue weighted by molar-refractivity contribution is 4.89. The molecule has 72 valence electrons. The maximum Gasteiger partial charge on any atom is 0.306 e. The van der Waals surface area contributed by atoms with Crippen LogP contribution in [0.5, 0.6) is 0 Å². The van der Waals surface area contributed by atoms with E-state index in [1.807, 2.05) is 0 Å². The number of aliphatic hydroxyl groups is 6. The van der Waals surface area contributed by atoms with Crippen molar-refractivity contribution in [3.05, 3.63) is 0 Å². The van der Waals surface area contributed by atoms with Crippen LogP contribution in [0.3, 0.4) is 0 Å². The zero-order chi connectivity index (χ0) is 9.52. The second kappa shape index (κ2) is 2.89. The highest BCUT2D eigenvalue weighted by Gasteiger charge is 2.51. The molecule has 0 saturated carbocycles. The molecular weight excluding hydrogens is 172 g/mol. The molecule has 7 nitrogen and oxygen atoms in total. The molecule has 0 radical (unpaired) electrons. The Morgan fingerprint density at radius 2 is 1.42 bits per heavy atom. The van der Waals surface area contributed by atoms with E-state index in [9.17, 15) is 0 Å². The number of hydrogen-bond acceptors (Lipinski definition) is 7. The topological polar surface area (TPSA) is 131 Å². The summed E-state index contributed by atoms with van der Waals surface area (Å²) in [5.41, 5.74) is 0. The van der Waals surface area contributed by atoms with Gasteiger partial charge in [0.25, 0.3) is 0 Å². The zero-order valence-corrected chi connectivity index (χ0v) is 5.90. The molecule has 4 unspecified atom stereocenters. The average molecular weight is 182 g/mol. The van der Waals surface area contributed by atoms with E-state index in [1.165, 1.54) is 0 Å². The Bertz CT molecular complexity index is 164. The molecule has 6 N–H and O–H groups in total. The number of rotatable bonds is 1. The molecule has 1 aliphatic rings. The van der Waals surface area contributed by atoms with E-state index >= 15 is 0 Å². The summed E-state index contributed by atoms with van der Waals surface area (Å²) in [6.07, 6.45) is -7.00. The maximum absolute atomic E-state index is 8.95. The van der Waals surface area contributed by atoms with Crippen LogP contribution in [0.2, 0.25) is 0 Å². The Labute approximate surface area is 67.1 Å². The molecule has 1 heterocycles. The SMILES string of the molecule is OC1OC(C(O)(O)O)C(O)C1O. The second-order valence-corrected chi connectivity index (χ2v) is 2.62. The van der Waals surface area contributed by atoms with E-state index in [1.54, 1.807) is 0 Å². The average Bonchev–Trinajstić information content (AvgIpc) is 2.15. The van der Waals surface area contributed by atoms with Crippen LogP contribution < -0.4 is 0 Å². The van der Waals surface area contributed by atoms with Crippen LogP contribution in [-0.2, 0) is 4.74 Å². The van der Waals surface area contributed by atoms with Crippen molar-refractivity contribution in [3.8, 4) is 0 Å². The van der Waals surface area contributed by atoms with Gasteiger partial charge in [0, 0.05) is 0 Å². The largest absolute Gasteiger partial charge is 0.387 e. The van der Waals surface area contributed by atoms with Gasteiger partial charge in [-0.15, -0.1) is 0 Å². The molecule has 1 aliphatic heterocycles. The van der Waals surface area contributed by atoms with Gasteiger partial charge in [0.2, 0.25) is 0 Å². The summed E-state index contributed by atoms with van der Waals surface area (Å²) >= 11 is 0. The molecule has 0 aliphatic carbocycles. The van der Waals surface area contributed by atoms with E-state index in [0.29, 0.717) is 0 Å². The number of ether oxygens (including phenoxy) is 1. The lowest BCUT2D eigenvalue weighted by molar-refractivity contribution is -0.371. The van der Waals surface area contributed by atoms with Crippen molar-refractivity contribution < 1.29 is 35.4 Å². The lowest BCUT2D eigenvalue weighted by atomic mass is 10.1. The molecule has 1 saturated heterocycles. The fourth-order valence-corrected chi connectivity index (χ4v) is 0.979. The molecule has 0 spiro atoms. The molecule has 0 bridgehead atoms. The molecule has 0 aromatic heterocycles. The summed E-state index contributed by atoms with van der Waals surface area (Å²) in [6.45, 7) is 0. The van der Waals surface area contributed by atoms with Crippen molar-refractivity contribution in [3.63, 3.8) is 0 Å². The molecule has 0 amide bonds. The van der Waals surface area contributed by atoms with Crippen molar-refractivity contribution in [1.82, 2.24) is 0 Å². The van der Waals surface area contributed by atoms with Crippen molar-refractivity contribution in [2.24, 2.45) is 0 Å². The summed E-state index contributed by atoms with van der Waals surface area (Å²) in [7, 11) is 0. The molecule has 0 aromatic rings. The van der Waals surface area contributed by atoms with Gasteiger partial charge in [0.15, 0.2) is 12.4 Å². The quantitative estimate of drug-likeness (QED) is 0.228. The van der Waals surface area contributed by atoms with Gasteiger partial charge in [0.1, 0.15) is 12.2 Å². The monoisotopic (exact) mass is 182 g/mol. The van der Waals surface area contributed by atoms with Gasteiger partial charge in [-0.2, -0.15) is 0 Å². The third kappa shape index (κ3) is 1.57. The number of aliphatic hydroxyl groups excluding tert-OH is 3. The van der Waals surface area contributed by atoms with Gasteiger partial charge < -0.3 is 35.4 Å². The van der Waals surface area contributed by atoms with E-state index in [-0.39, 0.29) is 0 Å². The van der Waals surface area contributed by atoms with Gasteiger partial charge >= 0.3 is 5.97 Å². The minimum Gasteiger partial charge on any atom is -0.387 e. The Balaban J connectivity index is 2.71. The van der Waals surface area contributed by atoms with Crippen molar-refractivity contribution in [1.29, 1.82) is 0 Å². The molecule has 7 heteroatoms. The fraction of sp³-hybridized carbons (Fsp3) is 1.00. The van der Waals surface area contributed by atoms with E-state index < -0.39 is 30.6 Å². The summed E-state index contributed by atoms with van der Waals surface area (Å²) in [6, 6.07) is 0. The van der Waals surface area contributed by atoms with Crippen LogP contribution in [0.15, 0.2) is 0 Å². The van der Waals surface area contributed by atoms with Gasteiger partial charge in [0.05, 0.1) is 0 Å². The van der Waals surface area contributed by atoms with Crippen LogP contribution in [0, 0.1) is 0 Å². The van der Waals surface area contributed by atoms with Crippen LogP contribution in [-0.4, -0.2) is 61.2 Å². The standard InChI is InChI=1S/C5H10O7/c6-1-2(7)4(8)12-3(1)5(9,10)11/h1-4,6-11H. The number of hydrogen-bond donors (Lipinski definition) is 6. The first-order valence-electron chi connectivity index (χ1n) is 3.21. The molecule has 4 atom stereocenters. The van der Waals surface area contributed by atoms with Gasteiger partial charge in [-0.3, -0.25) is 0 Å². The first-order valence-corrected chi connectivity index (χ1v) is 3.21. The normalized spacial score (nSPS) is 43.5. The summed E-state index contributed by atoms with van der Waals surface area (Å²) in [5.74, 6) is -3.28. The summed E-state index contributed by atoms with van der Waals surface area (Å²) < 4.78 is 4.26. The van der Waals surface area contributed by atoms with Crippen molar-refractivity contribution >= 4 is 0 Å². The van der Waals surface area contributed by atoms with Crippen LogP contribution in [0.4, 0.5) is 0 Å². The van der Waals surface area contributed by atoms with Crippen LogP contribution in [0.25, 0.3) is 0 Å². The smallest absolute Gasteiger partial charge is 0.306 e. The van der Waals surface area contributed by atoms with Crippen LogP contribution in [0.1, 0.15) is 0 Å². The van der Waals surface area contributed by atoms with Gasteiger partial charge in [-0.05, 0) is 0 Å². The van der Waals surface area contributed by atoms with E-state index in [4.69, 9.17) is 30.6 Å². The predicted octanol–water partition coefficient (Wildman–Crippen LogP) is -3.94.